The molecule has 2 aliphatic rings. The van der Waals surface area contributed by atoms with E-state index in [1.807, 2.05) is 18.2 Å². The predicted octanol–water partition coefficient (Wildman–Crippen LogP) is 3.13. The fraction of sp³-hybridized carbons (Fsp3) is 0.368. The van der Waals surface area contributed by atoms with E-state index >= 15 is 0 Å². The van der Waals surface area contributed by atoms with Crippen LogP contribution < -0.4 is 15.5 Å². The van der Waals surface area contributed by atoms with E-state index in [0.717, 1.165) is 33.9 Å². The van der Waals surface area contributed by atoms with Crippen molar-refractivity contribution in [3.05, 3.63) is 45.1 Å². The number of urea groups is 1. The van der Waals surface area contributed by atoms with Crippen LogP contribution in [0, 0.1) is 0 Å². The topological polar surface area (TPSA) is 90.9 Å². The zero-order valence-electron chi connectivity index (χ0n) is 15.2. The van der Waals surface area contributed by atoms with Gasteiger partial charge in [0.05, 0.1) is 11.5 Å². The molecule has 3 amide bonds. The van der Waals surface area contributed by atoms with Crippen LogP contribution >= 0.6 is 11.3 Å². The van der Waals surface area contributed by atoms with Crippen molar-refractivity contribution in [2.45, 2.75) is 32.2 Å². The molecule has 27 heavy (non-hydrogen) atoms. The van der Waals surface area contributed by atoms with E-state index in [9.17, 15) is 9.59 Å². The van der Waals surface area contributed by atoms with Crippen LogP contribution in [0.25, 0.3) is 0 Å². The monoisotopic (exact) mass is 387 g/mol. The molecule has 8 heteroatoms. The highest BCUT2D eigenvalue weighted by Crippen LogP contribution is 2.39. The van der Waals surface area contributed by atoms with Crippen LogP contribution in [0.2, 0.25) is 0 Å². The largest absolute Gasteiger partial charge is 0.493 e. The number of rotatable bonds is 2. The summed E-state index contributed by atoms with van der Waals surface area (Å²) in [6.07, 6.45) is 0.851. The average Bonchev–Trinajstić information content (AvgIpc) is 3.27. The lowest BCUT2D eigenvalue weighted by Gasteiger charge is -2.37. The molecular weight excluding hydrogens is 366 g/mol. The van der Waals surface area contributed by atoms with Crippen molar-refractivity contribution < 1.29 is 19.5 Å². The van der Waals surface area contributed by atoms with Crippen LogP contribution in [0.3, 0.4) is 0 Å². The van der Waals surface area contributed by atoms with Gasteiger partial charge in [-0.15, -0.1) is 11.3 Å². The van der Waals surface area contributed by atoms with Gasteiger partial charge in [-0.3, -0.25) is 10.0 Å². The highest BCUT2D eigenvalue weighted by molar-refractivity contribution is 7.14. The summed E-state index contributed by atoms with van der Waals surface area (Å²) in [6.45, 7) is 5.75. The molecule has 0 saturated carbocycles. The molecule has 2 aliphatic heterocycles. The van der Waals surface area contributed by atoms with Crippen LogP contribution in [-0.2, 0) is 18.4 Å². The van der Waals surface area contributed by atoms with Crippen LogP contribution in [0.1, 0.15) is 39.5 Å². The van der Waals surface area contributed by atoms with Crippen LogP contribution in [0.4, 0.5) is 10.5 Å². The number of benzene rings is 1. The maximum atomic E-state index is 12.8. The fourth-order valence-electron chi connectivity index (χ4n) is 3.71. The molecule has 0 atom stereocenters. The molecule has 1 aromatic carbocycles. The number of hydrogen-bond donors (Lipinski definition) is 3. The number of carbonyl (C=O) groups excluding carboxylic acids is 2. The van der Waals surface area contributed by atoms with Gasteiger partial charge in [0.25, 0.3) is 5.91 Å². The summed E-state index contributed by atoms with van der Waals surface area (Å²) in [6, 6.07) is 7.26. The average molecular weight is 387 g/mol. The summed E-state index contributed by atoms with van der Waals surface area (Å²) < 4.78 is 5.50. The lowest BCUT2D eigenvalue weighted by Crippen LogP contribution is -2.46. The van der Waals surface area contributed by atoms with Crippen molar-refractivity contribution in [1.29, 1.82) is 0 Å². The molecule has 0 saturated heterocycles. The second-order valence-electron chi connectivity index (χ2n) is 7.50. The van der Waals surface area contributed by atoms with Crippen LogP contribution in [0.5, 0.6) is 5.75 Å². The third-order valence-corrected chi connectivity index (χ3v) is 6.47. The van der Waals surface area contributed by atoms with Gasteiger partial charge < -0.3 is 15.0 Å². The molecular formula is C19H21N3O4S. The Labute approximate surface area is 160 Å². The highest BCUT2D eigenvalue weighted by Gasteiger charge is 2.36. The van der Waals surface area contributed by atoms with Crippen molar-refractivity contribution in [3.8, 4) is 5.75 Å². The number of nitrogens with zero attached hydrogens (tertiary/aromatic N) is 1. The summed E-state index contributed by atoms with van der Waals surface area (Å²) in [4.78, 5) is 27.8. The van der Waals surface area contributed by atoms with Gasteiger partial charge >= 0.3 is 6.03 Å². The number of ether oxygens (including phenoxy) is 1. The van der Waals surface area contributed by atoms with Crippen LogP contribution in [0.15, 0.2) is 24.3 Å². The third-order valence-electron chi connectivity index (χ3n) is 4.92. The number of nitrogens with one attached hydrogen (secondary N) is 2. The zero-order valence-corrected chi connectivity index (χ0v) is 16.0. The fourth-order valence-corrected chi connectivity index (χ4v) is 4.86. The summed E-state index contributed by atoms with van der Waals surface area (Å²) in [7, 11) is 0. The van der Waals surface area contributed by atoms with E-state index in [-0.39, 0.29) is 11.4 Å². The van der Waals surface area contributed by atoms with Crippen molar-refractivity contribution in [1.82, 2.24) is 10.4 Å². The first-order valence-electron chi connectivity index (χ1n) is 8.77. The Kier molecular flexibility index (Phi) is 4.32. The molecule has 7 nitrogen and oxygen atoms in total. The van der Waals surface area contributed by atoms with Gasteiger partial charge in [0.2, 0.25) is 0 Å². The number of thiophene rings is 1. The number of carbonyl (C=O) groups is 2. The first-order valence-corrected chi connectivity index (χ1v) is 9.58. The van der Waals surface area contributed by atoms with Crippen molar-refractivity contribution >= 4 is 29.0 Å². The van der Waals surface area contributed by atoms with Gasteiger partial charge in [-0.25, -0.2) is 10.3 Å². The van der Waals surface area contributed by atoms with Gasteiger partial charge in [-0.05, 0) is 35.4 Å². The quantitative estimate of drug-likeness (QED) is 0.545. The summed E-state index contributed by atoms with van der Waals surface area (Å²) in [5.74, 6) is 0.353. The Bertz CT molecular complexity index is 922. The van der Waals surface area contributed by atoms with E-state index in [4.69, 9.17) is 9.94 Å². The van der Waals surface area contributed by atoms with E-state index in [1.54, 1.807) is 16.4 Å². The molecule has 0 bridgehead atoms. The number of anilines is 1. The molecule has 1 aromatic heterocycles. The van der Waals surface area contributed by atoms with E-state index in [2.05, 4.69) is 19.2 Å². The summed E-state index contributed by atoms with van der Waals surface area (Å²) in [5.41, 5.74) is 4.18. The van der Waals surface area contributed by atoms with Crippen molar-refractivity contribution in [2.24, 2.45) is 0 Å². The first kappa shape index (κ1) is 17.8. The Morgan fingerprint density at radius 1 is 1.26 bits per heavy atom. The third kappa shape index (κ3) is 3.26. The Hall–Kier alpha value is -2.58. The van der Waals surface area contributed by atoms with E-state index in [1.165, 1.54) is 11.3 Å². The van der Waals surface area contributed by atoms with Crippen molar-refractivity contribution in [3.63, 3.8) is 0 Å². The number of hydroxylamine groups is 1. The normalized spacial score (nSPS) is 16.9. The Morgan fingerprint density at radius 2 is 2.07 bits per heavy atom. The molecule has 0 fully saturated rings. The molecule has 4 rings (SSSR count). The minimum Gasteiger partial charge on any atom is -0.493 e. The maximum absolute atomic E-state index is 12.8. The van der Waals surface area contributed by atoms with E-state index < -0.39 is 5.91 Å². The van der Waals surface area contributed by atoms with Crippen LogP contribution in [-0.4, -0.2) is 35.2 Å². The minimum atomic E-state index is -0.526. The van der Waals surface area contributed by atoms with Crippen molar-refractivity contribution in [2.75, 3.05) is 18.5 Å². The summed E-state index contributed by atoms with van der Waals surface area (Å²) in [5, 5.41) is 11.8. The molecule has 0 radical (unpaired) electrons. The number of amides is 3. The Balaban J connectivity index is 1.53. The van der Waals surface area contributed by atoms with Gasteiger partial charge in [0, 0.05) is 35.5 Å². The van der Waals surface area contributed by atoms with Gasteiger partial charge in [-0.2, -0.15) is 0 Å². The zero-order chi connectivity index (χ0) is 19.2. The second kappa shape index (κ2) is 6.54. The standard InChI is InChI=1S/C19H21N3O4S/c1-19(2)10-22(9-12-8-15(17(23)21-25)27-16(12)19)18(24)20-13-3-4-14-11(7-13)5-6-26-14/h3-4,7-8,25H,5-6,9-10H2,1-2H3,(H,20,24)(H,21,23). The lowest BCUT2D eigenvalue weighted by atomic mass is 9.85. The van der Waals surface area contributed by atoms with Gasteiger partial charge in [-0.1, -0.05) is 13.8 Å². The maximum Gasteiger partial charge on any atom is 0.322 e. The molecule has 2 aromatic rings. The van der Waals surface area contributed by atoms with Gasteiger partial charge in [0.15, 0.2) is 0 Å². The predicted molar refractivity (Wildman–Crippen MR) is 102 cm³/mol. The molecule has 0 spiro atoms. The Morgan fingerprint density at radius 3 is 2.85 bits per heavy atom. The number of fused-ring (bicyclic) bond motifs is 2. The van der Waals surface area contributed by atoms with Gasteiger partial charge in [0.1, 0.15) is 5.75 Å². The molecule has 0 aliphatic carbocycles. The second-order valence-corrected chi connectivity index (χ2v) is 8.55. The highest BCUT2D eigenvalue weighted by atomic mass is 32.1. The van der Waals surface area contributed by atoms with E-state index in [0.29, 0.717) is 24.6 Å². The first-order chi connectivity index (χ1) is 12.9. The minimum absolute atomic E-state index is 0.174. The SMILES string of the molecule is CC1(C)CN(C(=O)Nc2ccc3c(c2)CCO3)Cc2cc(C(=O)NO)sc21. The molecule has 3 heterocycles. The molecule has 142 valence electrons. The smallest absolute Gasteiger partial charge is 0.322 e. The summed E-state index contributed by atoms with van der Waals surface area (Å²) >= 11 is 1.36. The lowest BCUT2D eigenvalue weighted by molar-refractivity contribution is 0.0711. The molecule has 0 unspecified atom stereocenters. The number of hydrogen-bond acceptors (Lipinski definition) is 5. The molecule has 3 N–H and O–H groups in total.